The molecule has 18 heavy (non-hydrogen) atoms. The van der Waals surface area contributed by atoms with E-state index in [1.54, 1.807) is 12.1 Å². The summed E-state index contributed by atoms with van der Waals surface area (Å²) < 4.78 is 13.6. The zero-order valence-corrected chi connectivity index (χ0v) is 10.6. The fraction of sp³-hybridized carbons (Fsp3) is 0.500. The number of carbonyl (C=O) groups is 1. The van der Waals surface area contributed by atoms with Gasteiger partial charge in [-0.2, -0.15) is 0 Å². The number of rotatable bonds is 2. The minimum atomic E-state index is -0.379. The van der Waals surface area contributed by atoms with Crippen molar-refractivity contribution in [3.63, 3.8) is 0 Å². The van der Waals surface area contributed by atoms with Gasteiger partial charge in [-0.1, -0.05) is 6.07 Å². The van der Waals surface area contributed by atoms with Crippen LogP contribution in [0.25, 0.3) is 0 Å². The average molecular weight is 250 g/mol. The van der Waals surface area contributed by atoms with E-state index >= 15 is 0 Å². The maximum atomic E-state index is 13.6. The molecule has 2 rings (SSSR count). The third-order valence-corrected chi connectivity index (χ3v) is 3.53. The van der Waals surface area contributed by atoms with Gasteiger partial charge in [-0.05, 0) is 50.3 Å². The first-order valence-corrected chi connectivity index (χ1v) is 6.39. The quantitative estimate of drug-likeness (QED) is 0.847. The minimum Gasteiger partial charge on any atom is -0.328 e. The molecule has 3 N–H and O–H groups in total. The van der Waals surface area contributed by atoms with Crippen LogP contribution in [0.1, 0.15) is 31.2 Å². The van der Waals surface area contributed by atoms with Crippen LogP contribution in [0.3, 0.4) is 0 Å². The van der Waals surface area contributed by atoms with E-state index in [-0.39, 0.29) is 29.4 Å². The van der Waals surface area contributed by atoms with Crippen molar-refractivity contribution in [1.82, 2.24) is 0 Å². The summed E-state index contributed by atoms with van der Waals surface area (Å²) in [6.07, 6.45) is 3.32. The second-order valence-electron chi connectivity index (χ2n) is 5.08. The van der Waals surface area contributed by atoms with Crippen molar-refractivity contribution >= 4 is 11.6 Å². The lowest BCUT2D eigenvalue weighted by Gasteiger charge is -2.25. The van der Waals surface area contributed by atoms with E-state index in [1.165, 1.54) is 6.07 Å². The van der Waals surface area contributed by atoms with Crippen LogP contribution in [0.15, 0.2) is 18.2 Å². The Morgan fingerprint density at radius 3 is 2.61 bits per heavy atom. The molecule has 1 aliphatic carbocycles. The van der Waals surface area contributed by atoms with E-state index in [0.717, 1.165) is 31.2 Å². The molecule has 0 unspecified atom stereocenters. The van der Waals surface area contributed by atoms with Gasteiger partial charge in [-0.3, -0.25) is 4.79 Å². The Balaban J connectivity index is 1.98. The zero-order valence-electron chi connectivity index (χ0n) is 10.6. The minimum absolute atomic E-state index is 0.0366. The summed E-state index contributed by atoms with van der Waals surface area (Å²) in [7, 11) is 0. The topological polar surface area (TPSA) is 55.1 Å². The van der Waals surface area contributed by atoms with Gasteiger partial charge in [0.25, 0.3) is 0 Å². The molecule has 0 aliphatic heterocycles. The highest BCUT2D eigenvalue weighted by atomic mass is 19.1. The van der Waals surface area contributed by atoms with Gasteiger partial charge in [-0.25, -0.2) is 4.39 Å². The molecule has 1 saturated carbocycles. The first-order valence-electron chi connectivity index (χ1n) is 6.39. The molecule has 4 heteroatoms. The number of hydrogen-bond acceptors (Lipinski definition) is 2. The van der Waals surface area contributed by atoms with Crippen LogP contribution in [-0.4, -0.2) is 11.9 Å². The van der Waals surface area contributed by atoms with Gasteiger partial charge in [-0.15, -0.1) is 0 Å². The highest BCUT2D eigenvalue weighted by Crippen LogP contribution is 2.25. The number of benzene rings is 1. The van der Waals surface area contributed by atoms with Gasteiger partial charge >= 0.3 is 0 Å². The largest absolute Gasteiger partial charge is 0.328 e. The van der Waals surface area contributed by atoms with Gasteiger partial charge in [0, 0.05) is 12.0 Å². The Morgan fingerprint density at radius 1 is 1.33 bits per heavy atom. The van der Waals surface area contributed by atoms with Crippen LogP contribution < -0.4 is 11.1 Å². The second kappa shape index (κ2) is 5.48. The molecule has 0 aromatic heterocycles. The molecule has 98 valence electrons. The van der Waals surface area contributed by atoms with Crippen LogP contribution in [0.2, 0.25) is 0 Å². The predicted octanol–water partition coefficient (Wildman–Crippen LogP) is 2.59. The predicted molar refractivity (Wildman–Crippen MR) is 69.7 cm³/mol. The number of halogens is 1. The summed E-state index contributed by atoms with van der Waals surface area (Å²) in [5.74, 6) is -0.508. The first-order chi connectivity index (χ1) is 8.56. The van der Waals surface area contributed by atoms with E-state index in [4.69, 9.17) is 5.73 Å². The van der Waals surface area contributed by atoms with Crippen molar-refractivity contribution in [2.24, 2.45) is 11.7 Å². The molecule has 0 atom stereocenters. The van der Waals surface area contributed by atoms with E-state index in [0.29, 0.717) is 0 Å². The molecule has 1 aromatic rings. The first kappa shape index (κ1) is 13.0. The van der Waals surface area contributed by atoms with Crippen LogP contribution in [-0.2, 0) is 4.79 Å². The Kier molecular flexibility index (Phi) is 3.97. The van der Waals surface area contributed by atoms with Crippen molar-refractivity contribution in [2.45, 2.75) is 38.6 Å². The summed E-state index contributed by atoms with van der Waals surface area (Å²) in [6, 6.07) is 5.03. The lowest BCUT2D eigenvalue weighted by molar-refractivity contribution is -0.120. The van der Waals surface area contributed by atoms with E-state index in [1.807, 2.05) is 6.92 Å². The molecule has 0 spiro atoms. The molecular weight excluding hydrogens is 231 g/mol. The second-order valence-corrected chi connectivity index (χ2v) is 5.08. The summed E-state index contributed by atoms with van der Waals surface area (Å²) >= 11 is 0. The van der Waals surface area contributed by atoms with E-state index < -0.39 is 0 Å². The smallest absolute Gasteiger partial charge is 0.227 e. The van der Waals surface area contributed by atoms with Gasteiger partial charge < -0.3 is 11.1 Å². The van der Waals surface area contributed by atoms with Gasteiger partial charge in [0.2, 0.25) is 5.91 Å². The monoisotopic (exact) mass is 250 g/mol. The van der Waals surface area contributed by atoms with Crippen LogP contribution in [0.5, 0.6) is 0 Å². The molecule has 0 radical (unpaired) electrons. The summed E-state index contributed by atoms with van der Waals surface area (Å²) in [4.78, 5) is 12.0. The molecule has 0 heterocycles. The van der Waals surface area contributed by atoms with Crippen molar-refractivity contribution in [3.8, 4) is 0 Å². The van der Waals surface area contributed by atoms with Crippen molar-refractivity contribution in [2.75, 3.05) is 5.32 Å². The summed E-state index contributed by atoms with van der Waals surface area (Å²) in [6.45, 7) is 1.82. The number of aryl methyl sites for hydroxylation is 1. The molecule has 0 saturated heterocycles. The zero-order chi connectivity index (χ0) is 13.1. The van der Waals surface area contributed by atoms with Gasteiger partial charge in [0.1, 0.15) is 5.82 Å². The molecule has 3 nitrogen and oxygen atoms in total. The third-order valence-electron chi connectivity index (χ3n) is 3.53. The number of nitrogens with two attached hydrogens (primary N) is 1. The fourth-order valence-corrected chi connectivity index (χ4v) is 2.34. The average Bonchev–Trinajstić information content (AvgIpc) is 2.33. The number of anilines is 1. The number of hydrogen-bond donors (Lipinski definition) is 2. The van der Waals surface area contributed by atoms with Gasteiger partial charge in [0.05, 0.1) is 5.69 Å². The maximum Gasteiger partial charge on any atom is 0.227 e. The fourth-order valence-electron chi connectivity index (χ4n) is 2.34. The van der Waals surface area contributed by atoms with E-state index in [2.05, 4.69) is 5.32 Å². The number of amides is 1. The normalized spacial score (nSPS) is 23.7. The molecule has 0 bridgehead atoms. The highest BCUT2D eigenvalue weighted by Gasteiger charge is 2.24. The maximum absolute atomic E-state index is 13.6. The Morgan fingerprint density at radius 2 is 2.00 bits per heavy atom. The van der Waals surface area contributed by atoms with Gasteiger partial charge in [0.15, 0.2) is 0 Å². The number of carbonyl (C=O) groups excluding carboxylic acids is 1. The summed E-state index contributed by atoms with van der Waals surface area (Å²) in [5, 5.41) is 2.67. The number of nitrogens with one attached hydrogen (secondary N) is 1. The molecule has 1 fully saturated rings. The highest BCUT2D eigenvalue weighted by molar-refractivity contribution is 5.92. The van der Waals surface area contributed by atoms with Crippen LogP contribution in [0.4, 0.5) is 10.1 Å². The molecule has 1 aromatic carbocycles. The van der Waals surface area contributed by atoms with Crippen molar-refractivity contribution in [3.05, 3.63) is 29.6 Å². The van der Waals surface area contributed by atoms with E-state index in [9.17, 15) is 9.18 Å². The van der Waals surface area contributed by atoms with Crippen molar-refractivity contribution in [1.29, 1.82) is 0 Å². The molecule has 1 aliphatic rings. The summed E-state index contributed by atoms with van der Waals surface area (Å²) in [5.41, 5.74) is 6.90. The lowest BCUT2D eigenvalue weighted by atomic mass is 9.86. The molecule has 1 amide bonds. The van der Waals surface area contributed by atoms with Crippen molar-refractivity contribution < 1.29 is 9.18 Å². The lowest BCUT2D eigenvalue weighted by Crippen LogP contribution is -2.32. The van der Waals surface area contributed by atoms with Crippen LogP contribution in [0, 0.1) is 18.7 Å². The third kappa shape index (κ3) is 3.07. The Hall–Kier alpha value is -1.42. The standard InChI is InChI=1S/C14H19FN2O/c1-9-2-7-13(12(15)8-9)17-14(18)10-3-5-11(16)6-4-10/h2,7-8,10-11H,3-6,16H2,1H3,(H,17,18). The SMILES string of the molecule is Cc1ccc(NC(=O)C2CCC(N)CC2)c(F)c1. The van der Waals surface area contributed by atoms with Crippen LogP contribution >= 0.6 is 0 Å². The molecular formula is C14H19FN2O. The Labute approximate surface area is 107 Å². The Bertz CT molecular complexity index is 439.